The second-order valence-corrected chi connectivity index (χ2v) is 6.95. The molecule has 0 bridgehead atoms. The highest BCUT2D eigenvalue weighted by Gasteiger charge is 2.22. The third kappa shape index (κ3) is 3.29. The molecule has 1 aromatic heterocycles. The van der Waals surface area contributed by atoms with Crippen LogP contribution in [0.5, 0.6) is 0 Å². The Morgan fingerprint density at radius 3 is 2.69 bits per heavy atom. The summed E-state index contributed by atoms with van der Waals surface area (Å²) in [4.78, 5) is 4.00. The van der Waals surface area contributed by atoms with Crippen LogP contribution in [0.15, 0.2) is 15.9 Å². The maximum atomic E-state index is 5.71. The van der Waals surface area contributed by atoms with E-state index in [4.69, 9.17) is 5.73 Å². The molecule has 0 aromatic carbocycles. The molecule has 1 saturated carbocycles. The van der Waals surface area contributed by atoms with Crippen LogP contribution in [-0.2, 0) is 6.54 Å². The van der Waals surface area contributed by atoms with Gasteiger partial charge >= 0.3 is 0 Å². The summed E-state index contributed by atoms with van der Waals surface area (Å²) in [6.45, 7) is 2.86. The van der Waals surface area contributed by atoms with Crippen LogP contribution in [0.1, 0.15) is 30.6 Å². The van der Waals surface area contributed by atoms with Gasteiger partial charge in [-0.1, -0.05) is 12.8 Å². The lowest BCUT2D eigenvalue weighted by Crippen LogP contribution is -2.36. The van der Waals surface area contributed by atoms with E-state index in [2.05, 4.69) is 33.0 Å². The summed E-state index contributed by atoms with van der Waals surface area (Å²) < 4.78 is 1.22. The molecule has 2 N–H and O–H groups in total. The first-order chi connectivity index (χ1) is 7.79. The van der Waals surface area contributed by atoms with Crippen LogP contribution >= 0.6 is 27.3 Å². The number of nitrogens with two attached hydrogens (primary N) is 1. The summed E-state index contributed by atoms with van der Waals surface area (Å²) in [5, 5.41) is 0. The summed E-state index contributed by atoms with van der Waals surface area (Å²) in [5.41, 5.74) is 5.71. The van der Waals surface area contributed by atoms with E-state index in [9.17, 15) is 0 Å². The molecule has 0 amide bonds. The van der Waals surface area contributed by atoms with Crippen molar-refractivity contribution in [2.24, 2.45) is 5.73 Å². The average Bonchev–Trinajstić information content (AvgIpc) is 2.88. The Bertz CT molecular complexity index is 321. The second kappa shape index (κ2) is 6.15. The third-order valence-electron chi connectivity index (χ3n) is 3.25. The Morgan fingerprint density at radius 2 is 2.12 bits per heavy atom. The van der Waals surface area contributed by atoms with Crippen molar-refractivity contribution in [2.45, 2.75) is 38.3 Å². The van der Waals surface area contributed by atoms with E-state index in [0.717, 1.165) is 25.7 Å². The van der Waals surface area contributed by atoms with Gasteiger partial charge in [0.2, 0.25) is 0 Å². The quantitative estimate of drug-likeness (QED) is 0.905. The number of nitrogens with zero attached hydrogens (tertiary/aromatic N) is 1. The van der Waals surface area contributed by atoms with Gasteiger partial charge in [0.15, 0.2) is 0 Å². The molecule has 0 atom stereocenters. The van der Waals surface area contributed by atoms with Crippen LogP contribution in [0.4, 0.5) is 0 Å². The highest BCUT2D eigenvalue weighted by Crippen LogP contribution is 2.28. The molecule has 1 aliphatic rings. The zero-order valence-corrected chi connectivity index (χ0v) is 11.9. The topological polar surface area (TPSA) is 29.3 Å². The summed E-state index contributed by atoms with van der Waals surface area (Å²) >= 11 is 5.35. The van der Waals surface area contributed by atoms with Crippen molar-refractivity contribution in [1.82, 2.24) is 4.90 Å². The first-order valence-corrected chi connectivity index (χ1v) is 7.59. The van der Waals surface area contributed by atoms with Gasteiger partial charge in [-0.15, -0.1) is 11.3 Å². The summed E-state index contributed by atoms with van der Waals surface area (Å²) in [5.74, 6) is 0. The molecule has 0 saturated heterocycles. The van der Waals surface area contributed by atoms with E-state index in [1.807, 2.05) is 11.3 Å². The van der Waals surface area contributed by atoms with E-state index in [0.29, 0.717) is 0 Å². The monoisotopic (exact) mass is 302 g/mol. The molecule has 1 aliphatic carbocycles. The molecule has 1 aromatic rings. The molecule has 0 unspecified atom stereocenters. The standard InChI is InChI=1S/C12H19BrN2S/c13-12-6-5-11(16-12)9-15(8-7-14)10-3-1-2-4-10/h5-6,10H,1-4,7-9,14H2. The van der Waals surface area contributed by atoms with Gasteiger partial charge in [0.1, 0.15) is 0 Å². The number of hydrogen-bond acceptors (Lipinski definition) is 3. The molecule has 0 aliphatic heterocycles. The lowest BCUT2D eigenvalue weighted by molar-refractivity contribution is 0.197. The van der Waals surface area contributed by atoms with E-state index >= 15 is 0 Å². The molecule has 4 heteroatoms. The predicted molar refractivity (Wildman–Crippen MR) is 73.7 cm³/mol. The molecule has 1 fully saturated rings. The first-order valence-electron chi connectivity index (χ1n) is 5.98. The lowest BCUT2D eigenvalue weighted by Gasteiger charge is -2.27. The number of halogens is 1. The zero-order valence-electron chi connectivity index (χ0n) is 9.49. The van der Waals surface area contributed by atoms with Crippen LogP contribution in [-0.4, -0.2) is 24.0 Å². The van der Waals surface area contributed by atoms with Gasteiger partial charge in [-0.25, -0.2) is 0 Å². The molecule has 0 radical (unpaired) electrons. The third-order valence-corrected chi connectivity index (χ3v) is 4.85. The van der Waals surface area contributed by atoms with Crippen molar-refractivity contribution in [3.8, 4) is 0 Å². The summed E-state index contributed by atoms with van der Waals surface area (Å²) in [6, 6.07) is 5.12. The molecule has 2 nitrogen and oxygen atoms in total. The van der Waals surface area contributed by atoms with Gasteiger partial charge in [-0.05, 0) is 40.9 Å². The maximum Gasteiger partial charge on any atom is 0.0701 e. The molecule has 90 valence electrons. The molecular formula is C12H19BrN2S. The lowest BCUT2D eigenvalue weighted by atomic mass is 10.2. The Morgan fingerprint density at radius 1 is 1.38 bits per heavy atom. The van der Waals surface area contributed by atoms with Crippen LogP contribution in [0.25, 0.3) is 0 Å². The Balaban J connectivity index is 1.96. The Kier molecular flexibility index (Phi) is 4.82. The van der Waals surface area contributed by atoms with E-state index in [1.165, 1.54) is 34.3 Å². The van der Waals surface area contributed by atoms with Crippen molar-refractivity contribution < 1.29 is 0 Å². The van der Waals surface area contributed by atoms with E-state index in [1.54, 1.807) is 0 Å². The van der Waals surface area contributed by atoms with Gasteiger partial charge in [0.25, 0.3) is 0 Å². The van der Waals surface area contributed by atoms with Crippen LogP contribution in [0.2, 0.25) is 0 Å². The Labute approximate surface area is 110 Å². The predicted octanol–water partition coefficient (Wildman–Crippen LogP) is 3.21. The van der Waals surface area contributed by atoms with Gasteiger partial charge in [0, 0.05) is 30.6 Å². The molecule has 16 heavy (non-hydrogen) atoms. The molecular weight excluding hydrogens is 284 g/mol. The van der Waals surface area contributed by atoms with E-state index in [-0.39, 0.29) is 0 Å². The van der Waals surface area contributed by atoms with Crippen molar-refractivity contribution in [3.63, 3.8) is 0 Å². The molecule has 1 heterocycles. The minimum absolute atomic E-state index is 0.767. The molecule has 2 rings (SSSR count). The van der Waals surface area contributed by atoms with Gasteiger partial charge in [-0.3, -0.25) is 4.90 Å². The highest BCUT2D eigenvalue weighted by molar-refractivity contribution is 9.11. The SMILES string of the molecule is NCCN(Cc1ccc(Br)s1)C1CCCC1. The fourth-order valence-electron chi connectivity index (χ4n) is 2.46. The largest absolute Gasteiger partial charge is 0.329 e. The van der Waals surface area contributed by atoms with Crippen molar-refractivity contribution >= 4 is 27.3 Å². The van der Waals surface area contributed by atoms with Gasteiger partial charge in [0.05, 0.1) is 3.79 Å². The zero-order chi connectivity index (χ0) is 11.4. The fourth-order valence-corrected chi connectivity index (χ4v) is 3.97. The number of thiophene rings is 1. The minimum Gasteiger partial charge on any atom is -0.329 e. The smallest absolute Gasteiger partial charge is 0.0701 e. The second-order valence-electron chi connectivity index (χ2n) is 4.40. The fraction of sp³-hybridized carbons (Fsp3) is 0.667. The number of rotatable bonds is 5. The van der Waals surface area contributed by atoms with Crippen molar-refractivity contribution in [1.29, 1.82) is 0 Å². The van der Waals surface area contributed by atoms with Crippen molar-refractivity contribution in [2.75, 3.05) is 13.1 Å². The van der Waals surface area contributed by atoms with Crippen LogP contribution in [0.3, 0.4) is 0 Å². The maximum absolute atomic E-state index is 5.71. The normalized spacial score (nSPS) is 17.4. The van der Waals surface area contributed by atoms with Gasteiger partial charge < -0.3 is 5.73 Å². The summed E-state index contributed by atoms with van der Waals surface area (Å²) in [6.07, 6.45) is 5.48. The first kappa shape index (κ1) is 12.6. The van der Waals surface area contributed by atoms with Gasteiger partial charge in [-0.2, -0.15) is 0 Å². The van der Waals surface area contributed by atoms with Crippen LogP contribution < -0.4 is 5.73 Å². The minimum atomic E-state index is 0.767. The average molecular weight is 303 g/mol. The number of hydrogen-bond donors (Lipinski definition) is 1. The van der Waals surface area contributed by atoms with E-state index < -0.39 is 0 Å². The van der Waals surface area contributed by atoms with Crippen molar-refractivity contribution in [3.05, 3.63) is 20.8 Å². The summed E-state index contributed by atoms with van der Waals surface area (Å²) in [7, 11) is 0. The van der Waals surface area contributed by atoms with Crippen LogP contribution in [0, 0.1) is 0 Å². The highest BCUT2D eigenvalue weighted by atomic mass is 79.9. The Hall–Kier alpha value is 0.1000. The molecule has 0 spiro atoms.